The Bertz CT molecular complexity index is 1170. The normalized spacial score (nSPS) is 12.0. The number of nitrogens with zero attached hydrogens (tertiary/aromatic N) is 3. The highest BCUT2D eigenvalue weighted by Gasteiger charge is 2.25. The maximum atomic E-state index is 12.8. The van der Waals surface area contributed by atoms with Gasteiger partial charge in [0.15, 0.2) is 11.0 Å². The molecule has 1 aromatic heterocycles. The van der Waals surface area contributed by atoms with E-state index in [4.69, 9.17) is 11.6 Å². The van der Waals surface area contributed by atoms with E-state index in [1.165, 1.54) is 11.8 Å². The van der Waals surface area contributed by atoms with Gasteiger partial charge in [-0.3, -0.25) is 9.59 Å². The summed E-state index contributed by atoms with van der Waals surface area (Å²) in [7, 11) is 1.84. The fraction of sp³-hybridized carbons (Fsp3) is 0.360. The highest BCUT2D eigenvalue weighted by Crippen LogP contribution is 2.26. The number of hydrogen-bond donors (Lipinski definition) is 2. The van der Waals surface area contributed by atoms with E-state index in [9.17, 15) is 9.59 Å². The molecule has 34 heavy (non-hydrogen) atoms. The molecule has 0 saturated carbocycles. The Labute approximate surface area is 209 Å². The van der Waals surface area contributed by atoms with Gasteiger partial charge >= 0.3 is 0 Å². The minimum atomic E-state index is -0.346. The van der Waals surface area contributed by atoms with Crippen molar-refractivity contribution in [3.05, 3.63) is 69.5 Å². The van der Waals surface area contributed by atoms with Crippen molar-refractivity contribution in [1.82, 2.24) is 20.1 Å². The molecule has 1 heterocycles. The third kappa shape index (κ3) is 6.18. The summed E-state index contributed by atoms with van der Waals surface area (Å²) in [6, 6.07) is 10.5. The number of aromatic nitrogens is 3. The number of halogens is 1. The molecule has 0 bridgehead atoms. The second-order valence-electron chi connectivity index (χ2n) is 8.71. The van der Waals surface area contributed by atoms with Gasteiger partial charge in [0.05, 0.1) is 11.8 Å². The summed E-state index contributed by atoms with van der Waals surface area (Å²) in [5, 5.41) is 15.8. The average Bonchev–Trinajstić information content (AvgIpc) is 3.13. The van der Waals surface area contributed by atoms with Crippen molar-refractivity contribution < 1.29 is 9.59 Å². The van der Waals surface area contributed by atoms with Crippen molar-refractivity contribution in [1.29, 1.82) is 0 Å². The average molecular weight is 500 g/mol. The van der Waals surface area contributed by atoms with Crippen LogP contribution in [-0.2, 0) is 11.8 Å². The van der Waals surface area contributed by atoms with Crippen molar-refractivity contribution in [3.63, 3.8) is 0 Å². The molecule has 180 valence electrons. The highest BCUT2D eigenvalue weighted by atomic mass is 35.5. The highest BCUT2D eigenvalue weighted by molar-refractivity contribution is 7.99. The van der Waals surface area contributed by atoms with E-state index in [1.807, 2.05) is 46.2 Å². The number of amides is 2. The van der Waals surface area contributed by atoms with Gasteiger partial charge in [0.25, 0.3) is 5.91 Å². The number of nitrogens with one attached hydrogen (secondary N) is 2. The summed E-state index contributed by atoms with van der Waals surface area (Å²) in [5.41, 5.74) is 4.60. The Balaban J connectivity index is 1.68. The summed E-state index contributed by atoms with van der Waals surface area (Å²) < 4.78 is 1.83. The Hall–Kier alpha value is -2.84. The van der Waals surface area contributed by atoms with E-state index in [0.717, 1.165) is 22.4 Å². The predicted molar refractivity (Wildman–Crippen MR) is 138 cm³/mol. The van der Waals surface area contributed by atoms with E-state index < -0.39 is 0 Å². The first-order valence-electron chi connectivity index (χ1n) is 11.0. The van der Waals surface area contributed by atoms with Crippen molar-refractivity contribution in [2.75, 3.05) is 11.1 Å². The van der Waals surface area contributed by atoms with Crippen LogP contribution in [0, 0.1) is 26.7 Å². The third-order valence-corrected chi connectivity index (χ3v) is 6.75. The first kappa shape index (κ1) is 25.8. The van der Waals surface area contributed by atoms with Crippen LogP contribution in [-0.4, -0.2) is 32.3 Å². The molecule has 0 radical (unpaired) electrons. The zero-order valence-electron chi connectivity index (χ0n) is 20.3. The van der Waals surface area contributed by atoms with Crippen molar-refractivity contribution in [2.45, 2.75) is 45.8 Å². The molecule has 0 spiro atoms. The maximum Gasteiger partial charge on any atom is 0.251 e. The lowest BCUT2D eigenvalue weighted by atomic mass is 10.0. The number of carbonyl (C=O) groups is 2. The number of benzene rings is 2. The van der Waals surface area contributed by atoms with Gasteiger partial charge in [0.2, 0.25) is 5.91 Å². The topological polar surface area (TPSA) is 88.9 Å². The molecule has 0 unspecified atom stereocenters. The minimum absolute atomic E-state index is 0.0767. The van der Waals surface area contributed by atoms with Gasteiger partial charge in [-0.2, -0.15) is 0 Å². The van der Waals surface area contributed by atoms with Crippen molar-refractivity contribution in [3.8, 4) is 0 Å². The van der Waals surface area contributed by atoms with Crippen LogP contribution in [0.2, 0.25) is 5.02 Å². The molecule has 9 heteroatoms. The van der Waals surface area contributed by atoms with Crippen LogP contribution in [0.1, 0.15) is 52.8 Å². The maximum absolute atomic E-state index is 12.8. The largest absolute Gasteiger partial charge is 0.342 e. The van der Waals surface area contributed by atoms with E-state index in [1.54, 1.807) is 24.3 Å². The summed E-state index contributed by atoms with van der Waals surface area (Å²) in [6.45, 7) is 10.0. The number of hydrogen-bond acceptors (Lipinski definition) is 5. The van der Waals surface area contributed by atoms with Gasteiger partial charge < -0.3 is 15.2 Å². The summed E-state index contributed by atoms with van der Waals surface area (Å²) >= 11 is 7.23. The van der Waals surface area contributed by atoms with Gasteiger partial charge in [-0.15, -0.1) is 10.2 Å². The monoisotopic (exact) mass is 499 g/mol. The second-order valence-corrected chi connectivity index (χ2v) is 10.1. The Morgan fingerprint density at radius 1 is 1.06 bits per heavy atom. The standard InChI is InChI=1S/C25H30ClN5O2S/c1-14(2)21(28-24(33)18-7-9-19(26)10-8-18)23-29-30-25(31(23)6)34-13-20(32)27-22-16(4)11-15(3)12-17(22)5/h7-12,14,21H,13H2,1-6H3,(H,27,32)(H,28,33)/t21-/m0/s1. The zero-order valence-corrected chi connectivity index (χ0v) is 21.8. The molecule has 2 amide bonds. The molecule has 2 N–H and O–H groups in total. The fourth-order valence-corrected chi connectivity index (χ4v) is 4.60. The molecule has 0 aliphatic carbocycles. The molecule has 0 aliphatic heterocycles. The van der Waals surface area contributed by atoms with E-state index in [-0.39, 0.29) is 29.5 Å². The van der Waals surface area contributed by atoms with Crippen LogP contribution in [0.3, 0.4) is 0 Å². The lowest BCUT2D eigenvalue weighted by Gasteiger charge is -2.21. The van der Waals surface area contributed by atoms with Gasteiger partial charge in [0, 0.05) is 23.3 Å². The van der Waals surface area contributed by atoms with E-state index >= 15 is 0 Å². The van der Waals surface area contributed by atoms with Gasteiger partial charge in [-0.1, -0.05) is 54.9 Å². The SMILES string of the molecule is Cc1cc(C)c(NC(=O)CSc2nnc([C@@H](NC(=O)c3ccc(Cl)cc3)C(C)C)n2C)c(C)c1. The van der Waals surface area contributed by atoms with Gasteiger partial charge in [-0.05, 0) is 62.1 Å². The summed E-state index contributed by atoms with van der Waals surface area (Å²) in [6.07, 6.45) is 0. The fourth-order valence-electron chi connectivity index (χ4n) is 3.76. The van der Waals surface area contributed by atoms with Crippen LogP contribution >= 0.6 is 23.4 Å². The van der Waals surface area contributed by atoms with E-state index in [0.29, 0.717) is 21.6 Å². The predicted octanol–water partition coefficient (Wildman–Crippen LogP) is 5.25. The first-order valence-corrected chi connectivity index (χ1v) is 12.4. The first-order chi connectivity index (χ1) is 16.1. The number of rotatable bonds is 8. The van der Waals surface area contributed by atoms with Crippen LogP contribution in [0.5, 0.6) is 0 Å². The molecule has 3 rings (SSSR count). The Morgan fingerprint density at radius 2 is 1.68 bits per heavy atom. The molecule has 3 aromatic rings. The molecule has 1 atom stereocenters. The number of aryl methyl sites for hydroxylation is 3. The Kier molecular flexibility index (Phi) is 8.38. The smallest absolute Gasteiger partial charge is 0.251 e. The number of thioether (sulfide) groups is 1. The molecule has 0 fully saturated rings. The number of carbonyl (C=O) groups excluding carboxylic acids is 2. The molecule has 7 nitrogen and oxygen atoms in total. The molecule has 0 saturated heterocycles. The van der Waals surface area contributed by atoms with Crippen LogP contribution < -0.4 is 10.6 Å². The Morgan fingerprint density at radius 3 is 2.26 bits per heavy atom. The summed E-state index contributed by atoms with van der Waals surface area (Å²) in [4.78, 5) is 25.4. The van der Waals surface area contributed by atoms with Gasteiger partial charge in [0.1, 0.15) is 0 Å². The van der Waals surface area contributed by atoms with E-state index in [2.05, 4.69) is 33.0 Å². The lowest BCUT2D eigenvalue weighted by molar-refractivity contribution is -0.113. The van der Waals surface area contributed by atoms with Crippen molar-refractivity contribution in [2.24, 2.45) is 13.0 Å². The van der Waals surface area contributed by atoms with Crippen LogP contribution in [0.25, 0.3) is 0 Å². The molecular weight excluding hydrogens is 470 g/mol. The van der Waals surface area contributed by atoms with Gasteiger partial charge in [-0.25, -0.2) is 0 Å². The second kappa shape index (κ2) is 11.1. The quantitative estimate of drug-likeness (QED) is 0.413. The molecule has 0 aliphatic rings. The summed E-state index contributed by atoms with van der Waals surface area (Å²) in [5.74, 6) is 0.581. The minimum Gasteiger partial charge on any atom is -0.342 e. The lowest BCUT2D eigenvalue weighted by Crippen LogP contribution is -2.33. The van der Waals surface area contributed by atoms with Crippen LogP contribution in [0.15, 0.2) is 41.6 Å². The third-order valence-electron chi connectivity index (χ3n) is 5.48. The van der Waals surface area contributed by atoms with Crippen LogP contribution in [0.4, 0.5) is 5.69 Å². The zero-order chi connectivity index (χ0) is 25.0. The molecular formula is C25H30ClN5O2S. The van der Waals surface area contributed by atoms with Crippen molar-refractivity contribution >= 4 is 40.9 Å². The number of anilines is 1. The molecule has 2 aromatic carbocycles.